The SMILES string of the molecule is O=C(N[C@H](CNc1nn[nH]n1)Cc1c[nH]nn1)[C@H](Cc1ccc(O)cc1)NC(=O)C12CC3CC(CC(C3)C1)C2. The van der Waals surface area contributed by atoms with Gasteiger partial charge < -0.3 is 21.1 Å². The maximum Gasteiger partial charge on any atom is 0.263 e. The summed E-state index contributed by atoms with van der Waals surface area (Å²) in [7, 11) is 0. The van der Waals surface area contributed by atoms with Gasteiger partial charge in [0.15, 0.2) is 0 Å². The number of nitrogens with one attached hydrogen (secondary N) is 5. The molecule has 2 aromatic heterocycles. The average Bonchev–Trinajstić information content (AvgIpc) is 3.62. The first-order valence-electron chi connectivity index (χ1n) is 13.7. The summed E-state index contributed by atoms with van der Waals surface area (Å²) >= 11 is 0. The first kappa shape index (κ1) is 25.3. The van der Waals surface area contributed by atoms with Crippen molar-refractivity contribution in [3.63, 3.8) is 0 Å². The highest BCUT2D eigenvalue weighted by molar-refractivity contribution is 5.90. The van der Waals surface area contributed by atoms with Gasteiger partial charge in [-0.2, -0.15) is 5.21 Å². The van der Waals surface area contributed by atoms with Gasteiger partial charge in [-0.05, 0) is 79.2 Å². The van der Waals surface area contributed by atoms with Gasteiger partial charge in [0.25, 0.3) is 5.95 Å². The van der Waals surface area contributed by atoms with Crippen molar-refractivity contribution in [3.05, 3.63) is 41.7 Å². The number of carbonyl (C=O) groups is 2. The third-order valence-electron chi connectivity index (χ3n) is 8.64. The number of anilines is 1. The molecule has 2 amide bonds. The molecule has 4 aliphatic carbocycles. The van der Waals surface area contributed by atoms with E-state index < -0.39 is 6.04 Å². The number of carbonyl (C=O) groups excluding carboxylic acids is 2. The van der Waals surface area contributed by atoms with E-state index in [1.165, 1.54) is 19.3 Å². The topological polar surface area (TPSA) is 186 Å². The molecule has 0 radical (unpaired) electrons. The second-order valence-corrected chi connectivity index (χ2v) is 11.6. The van der Waals surface area contributed by atoms with Crippen LogP contribution in [0.25, 0.3) is 0 Å². The summed E-state index contributed by atoms with van der Waals surface area (Å²) in [5.41, 5.74) is 1.15. The van der Waals surface area contributed by atoms with E-state index in [1.54, 1.807) is 30.5 Å². The van der Waals surface area contributed by atoms with Crippen molar-refractivity contribution < 1.29 is 14.7 Å². The van der Waals surface area contributed by atoms with Crippen LogP contribution in [0.3, 0.4) is 0 Å². The Kier molecular flexibility index (Phi) is 6.88. The number of aromatic amines is 2. The van der Waals surface area contributed by atoms with E-state index >= 15 is 0 Å². The highest BCUT2D eigenvalue weighted by Gasteiger charge is 2.55. The van der Waals surface area contributed by atoms with Gasteiger partial charge in [0.2, 0.25) is 11.8 Å². The Bertz CT molecular complexity index is 1230. The highest BCUT2D eigenvalue weighted by atomic mass is 16.3. The van der Waals surface area contributed by atoms with Crippen LogP contribution in [0, 0.1) is 23.2 Å². The van der Waals surface area contributed by atoms with Gasteiger partial charge in [-0.15, -0.1) is 10.2 Å². The molecule has 7 rings (SSSR count). The largest absolute Gasteiger partial charge is 0.508 e. The quantitative estimate of drug-likeness (QED) is 0.209. The molecule has 39 heavy (non-hydrogen) atoms. The molecule has 4 aliphatic rings. The average molecular weight is 535 g/mol. The Morgan fingerprint density at radius 2 is 1.69 bits per heavy atom. The van der Waals surface area contributed by atoms with Crippen molar-refractivity contribution in [2.45, 2.75) is 63.5 Å². The van der Waals surface area contributed by atoms with Crippen LogP contribution in [-0.4, -0.2) is 71.6 Å². The molecule has 0 spiro atoms. The number of amides is 2. The molecule has 0 aliphatic heterocycles. The van der Waals surface area contributed by atoms with Crippen LogP contribution < -0.4 is 16.0 Å². The minimum atomic E-state index is -0.778. The van der Waals surface area contributed by atoms with Crippen LogP contribution in [0.15, 0.2) is 30.5 Å². The zero-order chi connectivity index (χ0) is 26.8. The molecule has 2 heterocycles. The molecule has 6 N–H and O–H groups in total. The highest BCUT2D eigenvalue weighted by Crippen LogP contribution is 2.60. The van der Waals surface area contributed by atoms with Crippen molar-refractivity contribution >= 4 is 17.8 Å². The van der Waals surface area contributed by atoms with Crippen LogP contribution in [0.1, 0.15) is 49.8 Å². The molecule has 13 nitrogen and oxygen atoms in total. The molecule has 206 valence electrons. The molecule has 1 aromatic carbocycles. The van der Waals surface area contributed by atoms with E-state index in [-0.39, 0.29) is 29.0 Å². The van der Waals surface area contributed by atoms with Gasteiger partial charge in [0.05, 0.1) is 11.7 Å². The van der Waals surface area contributed by atoms with E-state index in [9.17, 15) is 14.7 Å². The molecule has 0 saturated heterocycles. The minimum absolute atomic E-state index is 0.00139. The molecule has 0 unspecified atom stereocenters. The number of hydrogen-bond donors (Lipinski definition) is 6. The lowest BCUT2D eigenvalue weighted by Gasteiger charge is -2.55. The van der Waals surface area contributed by atoms with Gasteiger partial charge >= 0.3 is 0 Å². The lowest BCUT2D eigenvalue weighted by Crippen LogP contribution is -2.58. The molecule has 2 atom stereocenters. The summed E-state index contributed by atoms with van der Waals surface area (Å²) in [5, 5.41) is 43.3. The van der Waals surface area contributed by atoms with E-state index in [0.717, 1.165) is 24.8 Å². The Labute approximate surface area is 225 Å². The number of aromatic hydroxyl groups is 1. The lowest BCUT2D eigenvalue weighted by atomic mass is 9.49. The number of benzene rings is 1. The van der Waals surface area contributed by atoms with Gasteiger partial charge in [0.1, 0.15) is 11.8 Å². The van der Waals surface area contributed by atoms with E-state index in [2.05, 4.69) is 52.0 Å². The molecule has 4 bridgehead atoms. The summed E-state index contributed by atoms with van der Waals surface area (Å²) in [6.07, 6.45) is 8.85. The molecule has 4 saturated carbocycles. The zero-order valence-corrected chi connectivity index (χ0v) is 21.6. The second kappa shape index (κ2) is 10.6. The molecular formula is C26H34N10O3. The number of hydrogen-bond acceptors (Lipinski definition) is 9. The van der Waals surface area contributed by atoms with E-state index in [4.69, 9.17) is 0 Å². The number of phenols is 1. The predicted octanol–water partition coefficient (Wildman–Crippen LogP) is 1.11. The third-order valence-corrected chi connectivity index (χ3v) is 8.64. The summed E-state index contributed by atoms with van der Waals surface area (Å²) in [6, 6.07) is 5.56. The van der Waals surface area contributed by atoms with Crippen LogP contribution >= 0.6 is 0 Å². The fourth-order valence-corrected chi connectivity index (χ4v) is 7.28. The van der Waals surface area contributed by atoms with Crippen molar-refractivity contribution in [2.24, 2.45) is 23.2 Å². The molecule has 4 fully saturated rings. The fourth-order valence-electron chi connectivity index (χ4n) is 7.28. The predicted molar refractivity (Wildman–Crippen MR) is 139 cm³/mol. The second-order valence-electron chi connectivity index (χ2n) is 11.6. The molecule has 13 heteroatoms. The summed E-state index contributed by atoms with van der Waals surface area (Å²) in [5.74, 6) is 2.03. The maximum absolute atomic E-state index is 13.9. The number of rotatable bonds is 11. The Balaban J connectivity index is 1.19. The molecular weight excluding hydrogens is 500 g/mol. The summed E-state index contributed by atoms with van der Waals surface area (Å²) in [4.78, 5) is 27.7. The summed E-state index contributed by atoms with van der Waals surface area (Å²) in [6.45, 7) is 0.312. The maximum atomic E-state index is 13.9. The van der Waals surface area contributed by atoms with Crippen molar-refractivity contribution in [1.29, 1.82) is 0 Å². The Morgan fingerprint density at radius 3 is 2.31 bits per heavy atom. The monoisotopic (exact) mass is 534 g/mol. The normalized spacial score (nSPS) is 26.6. The van der Waals surface area contributed by atoms with Crippen molar-refractivity contribution in [3.8, 4) is 5.75 Å². The van der Waals surface area contributed by atoms with Crippen LogP contribution in [0.5, 0.6) is 5.75 Å². The lowest BCUT2D eigenvalue weighted by molar-refractivity contribution is -0.148. The van der Waals surface area contributed by atoms with E-state index in [1.807, 2.05) is 0 Å². The zero-order valence-electron chi connectivity index (χ0n) is 21.6. The minimum Gasteiger partial charge on any atom is -0.508 e. The smallest absolute Gasteiger partial charge is 0.263 e. The number of aromatic nitrogens is 7. The number of nitrogens with zero attached hydrogens (tertiary/aromatic N) is 5. The number of H-pyrrole nitrogens is 2. The third kappa shape index (κ3) is 5.71. The Hall–Kier alpha value is -4.03. The number of tetrazole rings is 1. The van der Waals surface area contributed by atoms with Gasteiger partial charge in [-0.3, -0.25) is 14.7 Å². The first-order chi connectivity index (χ1) is 18.9. The van der Waals surface area contributed by atoms with Crippen molar-refractivity contribution in [1.82, 2.24) is 46.7 Å². The van der Waals surface area contributed by atoms with E-state index in [0.29, 0.717) is 48.8 Å². The first-order valence-corrected chi connectivity index (χ1v) is 13.7. The van der Waals surface area contributed by atoms with Crippen LogP contribution in [-0.2, 0) is 22.4 Å². The standard InChI is InChI=1S/C26H34N10O3/c37-21-3-1-15(2-4-21)8-22(30-24(39)26-10-16-5-17(11-26)7-18(6-16)12-26)23(38)29-19(9-20-14-28-34-31-20)13-27-25-32-35-36-33-25/h1-4,14,16-19,22,37H,5-13H2,(H,29,38)(H,30,39)(H,28,31,34)(H2,27,32,33,35,36)/t16?,17?,18?,19-,22-,26?/m0/s1. The van der Waals surface area contributed by atoms with Gasteiger partial charge in [-0.25, -0.2) is 0 Å². The van der Waals surface area contributed by atoms with Crippen molar-refractivity contribution in [2.75, 3.05) is 11.9 Å². The fraction of sp³-hybridized carbons (Fsp3) is 0.577. The van der Waals surface area contributed by atoms with Crippen LogP contribution in [0.4, 0.5) is 5.95 Å². The summed E-state index contributed by atoms with van der Waals surface area (Å²) < 4.78 is 0. The Morgan fingerprint density at radius 1 is 0.974 bits per heavy atom. The van der Waals surface area contributed by atoms with Crippen LogP contribution in [0.2, 0.25) is 0 Å². The van der Waals surface area contributed by atoms with Gasteiger partial charge in [0, 0.05) is 31.0 Å². The van der Waals surface area contributed by atoms with Gasteiger partial charge in [-0.1, -0.05) is 22.4 Å². The molecule has 3 aromatic rings. The number of phenolic OH excluding ortho intramolecular Hbond substituents is 1.